The van der Waals surface area contributed by atoms with Crippen molar-refractivity contribution in [1.82, 2.24) is 9.97 Å². The minimum absolute atomic E-state index is 0.00132. The van der Waals surface area contributed by atoms with Crippen LogP contribution in [0.4, 0.5) is 13.2 Å². The molecule has 0 aliphatic heterocycles. The van der Waals surface area contributed by atoms with E-state index in [2.05, 4.69) is 20.9 Å². The van der Waals surface area contributed by atoms with Crippen LogP contribution in [0.15, 0.2) is 27.5 Å². The first-order chi connectivity index (χ1) is 7.39. The number of nitrogens with zero attached hydrogens (tertiary/aromatic N) is 1. The Kier molecular flexibility index (Phi) is 2.49. The lowest BCUT2D eigenvalue weighted by Gasteiger charge is -2.09. The van der Waals surface area contributed by atoms with Gasteiger partial charge in [0.2, 0.25) is 0 Å². The van der Waals surface area contributed by atoms with Gasteiger partial charge in [-0.2, -0.15) is 18.2 Å². The van der Waals surface area contributed by atoms with Gasteiger partial charge in [-0.15, -0.1) is 0 Å². The zero-order valence-electron chi connectivity index (χ0n) is 7.60. The molecule has 0 fully saturated rings. The van der Waals surface area contributed by atoms with Crippen LogP contribution in [0.25, 0.3) is 10.9 Å². The third-order valence-corrected chi connectivity index (χ3v) is 2.62. The Morgan fingerprint density at radius 3 is 2.62 bits per heavy atom. The maximum absolute atomic E-state index is 12.6. The fourth-order valence-electron chi connectivity index (χ4n) is 1.36. The first-order valence-corrected chi connectivity index (χ1v) is 4.94. The lowest BCUT2D eigenvalue weighted by molar-refractivity contribution is -0.140. The number of para-hydroxylation sites is 1. The molecule has 16 heavy (non-hydrogen) atoms. The van der Waals surface area contributed by atoms with Crippen LogP contribution in [0.1, 0.15) is 5.69 Å². The Balaban J connectivity index is 2.95. The number of alkyl halides is 3. The Morgan fingerprint density at radius 2 is 2.00 bits per heavy atom. The lowest BCUT2D eigenvalue weighted by Crippen LogP contribution is -2.19. The molecule has 2 rings (SSSR count). The van der Waals surface area contributed by atoms with Crippen molar-refractivity contribution >= 4 is 26.8 Å². The minimum Gasteiger partial charge on any atom is -0.301 e. The maximum Gasteiger partial charge on any atom is 0.432 e. The Hall–Kier alpha value is -1.37. The number of fused-ring (bicyclic) bond motifs is 1. The molecule has 7 heteroatoms. The molecule has 0 saturated carbocycles. The topological polar surface area (TPSA) is 45.8 Å². The van der Waals surface area contributed by atoms with Crippen LogP contribution in [-0.2, 0) is 6.18 Å². The highest BCUT2D eigenvalue weighted by Gasteiger charge is 2.34. The van der Waals surface area contributed by atoms with Crippen LogP contribution in [0.2, 0.25) is 0 Å². The number of hydrogen-bond acceptors (Lipinski definition) is 2. The summed E-state index contributed by atoms with van der Waals surface area (Å²) in [6, 6.07) is 4.22. The van der Waals surface area contributed by atoms with Crippen molar-refractivity contribution in [2.45, 2.75) is 6.18 Å². The van der Waals surface area contributed by atoms with Crippen molar-refractivity contribution in [2.75, 3.05) is 0 Å². The van der Waals surface area contributed by atoms with Gasteiger partial charge in [0.15, 0.2) is 0 Å². The second kappa shape index (κ2) is 3.58. The van der Waals surface area contributed by atoms with Gasteiger partial charge in [0, 0.05) is 9.86 Å². The van der Waals surface area contributed by atoms with Crippen molar-refractivity contribution in [1.29, 1.82) is 0 Å². The van der Waals surface area contributed by atoms with Gasteiger partial charge in [-0.3, -0.25) is 0 Å². The molecule has 0 unspecified atom stereocenters. The van der Waals surface area contributed by atoms with Crippen LogP contribution < -0.4 is 5.69 Å². The number of rotatable bonds is 0. The smallest absolute Gasteiger partial charge is 0.301 e. The standard InChI is InChI=1S/C9H4BrF3N2O/c10-5-3-1-2-4-6(5)14-8(16)15-7(4)9(11,12)13/h1-3H,(H,14,15,16). The average Bonchev–Trinajstić information content (AvgIpc) is 2.17. The number of hydrogen-bond donors (Lipinski definition) is 1. The summed E-state index contributed by atoms with van der Waals surface area (Å²) in [7, 11) is 0. The van der Waals surface area contributed by atoms with Crippen molar-refractivity contribution < 1.29 is 13.2 Å². The largest absolute Gasteiger partial charge is 0.432 e. The quantitative estimate of drug-likeness (QED) is 0.811. The predicted octanol–water partition coefficient (Wildman–Crippen LogP) is 2.70. The van der Waals surface area contributed by atoms with E-state index in [1.54, 1.807) is 4.98 Å². The molecule has 1 heterocycles. The van der Waals surface area contributed by atoms with E-state index < -0.39 is 17.6 Å². The van der Waals surface area contributed by atoms with Crippen LogP contribution in [-0.4, -0.2) is 9.97 Å². The summed E-state index contributed by atoms with van der Waals surface area (Å²) in [6.45, 7) is 0. The summed E-state index contributed by atoms with van der Waals surface area (Å²) in [5.74, 6) is 0. The van der Waals surface area contributed by atoms with Gasteiger partial charge in [-0.05, 0) is 22.0 Å². The highest BCUT2D eigenvalue weighted by atomic mass is 79.9. The Morgan fingerprint density at radius 1 is 1.31 bits per heavy atom. The van der Waals surface area contributed by atoms with Crippen LogP contribution in [0.3, 0.4) is 0 Å². The number of aromatic amines is 1. The number of halogens is 4. The van der Waals surface area contributed by atoms with Crippen molar-refractivity contribution in [2.24, 2.45) is 0 Å². The monoisotopic (exact) mass is 292 g/mol. The van der Waals surface area contributed by atoms with Gasteiger partial charge in [-0.25, -0.2) is 4.79 Å². The number of benzene rings is 1. The number of nitrogens with one attached hydrogen (secondary N) is 1. The normalized spacial score (nSPS) is 12.0. The van der Waals surface area contributed by atoms with Crippen molar-refractivity contribution in [3.63, 3.8) is 0 Å². The third kappa shape index (κ3) is 1.82. The lowest BCUT2D eigenvalue weighted by atomic mass is 10.2. The molecule has 0 bridgehead atoms. The Bertz CT molecular complexity index is 606. The maximum atomic E-state index is 12.6. The van der Waals surface area contributed by atoms with E-state index in [9.17, 15) is 18.0 Å². The zero-order valence-corrected chi connectivity index (χ0v) is 9.19. The molecule has 1 aromatic heterocycles. The van der Waals surface area contributed by atoms with Crippen LogP contribution in [0.5, 0.6) is 0 Å². The summed E-state index contributed by atoms with van der Waals surface area (Å²) >= 11 is 3.05. The van der Waals surface area contributed by atoms with Crippen LogP contribution in [0, 0.1) is 0 Å². The van der Waals surface area contributed by atoms with E-state index in [-0.39, 0.29) is 10.9 Å². The van der Waals surface area contributed by atoms with E-state index in [1.165, 1.54) is 18.2 Å². The molecule has 84 valence electrons. The molecule has 0 amide bonds. The number of H-pyrrole nitrogens is 1. The second-order valence-corrected chi connectivity index (χ2v) is 3.91. The molecule has 3 nitrogen and oxygen atoms in total. The van der Waals surface area contributed by atoms with Gasteiger partial charge < -0.3 is 4.98 Å². The first kappa shape index (κ1) is 11.1. The fraction of sp³-hybridized carbons (Fsp3) is 0.111. The molecule has 0 saturated heterocycles. The fourth-order valence-corrected chi connectivity index (χ4v) is 1.81. The van der Waals surface area contributed by atoms with Crippen LogP contribution >= 0.6 is 15.9 Å². The summed E-state index contributed by atoms with van der Waals surface area (Å²) in [4.78, 5) is 16.2. The molecule has 0 aliphatic carbocycles. The Labute approximate surface area is 95.4 Å². The number of aromatic nitrogens is 2. The molecule has 0 aliphatic rings. The van der Waals surface area contributed by atoms with Gasteiger partial charge in [0.05, 0.1) is 5.52 Å². The summed E-state index contributed by atoms with van der Waals surface area (Å²) < 4.78 is 38.2. The molecular formula is C9H4BrF3N2O. The van der Waals surface area contributed by atoms with Crippen molar-refractivity contribution in [3.8, 4) is 0 Å². The van der Waals surface area contributed by atoms with E-state index >= 15 is 0 Å². The molecule has 0 radical (unpaired) electrons. The SMILES string of the molecule is O=c1nc2c(Br)cccc2c(C(F)(F)F)[nH]1. The van der Waals surface area contributed by atoms with Gasteiger partial charge in [0.25, 0.3) is 0 Å². The summed E-state index contributed by atoms with van der Waals surface area (Å²) in [5.41, 5.74) is -2.10. The van der Waals surface area contributed by atoms with E-state index in [0.717, 1.165) is 0 Å². The molecule has 0 atom stereocenters. The predicted molar refractivity (Wildman–Crippen MR) is 55.1 cm³/mol. The van der Waals surface area contributed by atoms with E-state index in [4.69, 9.17) is 0 Å². The van der Waals surface area contributed by atoms with Gasteiger partial charge in [0.1, 0.15) is 5.69 Å². The van der Waals surface area contributed by atoms with E-state index in [0.29, 0.717) is 4.47 Å². The summed E-state index contributed by atoms with van der Waals surface area (Å²) in [5, 5.41) is -0.138. The highest BCUT2D eigenvalue weighted by Crippen LogP contribution is 2.33. The summed E-state index contributed by atoms with van der Waals surface area (Å²) in [6.07, 6.45) is -4.61. The first-order valence-electron chi connectivity index (χ1n) is 4.15. The molecule has 0 spiro atoms. The van der Waals surface area contributed by atoms with Gasteiger partial charge in [-0.1, -0.05) is 12.1 Å². The zero-order chi connectivity index (χ0) is 11.9. The molecular weight excluding hydrogens is 289 g/mol. The van der Waals surface area contributed by atoms with Crippen molar-refractivity contribution in [3.05, 3.63) is 38.9 Å². The van der Waals surface area contributed by atoms with E-state index in [1.807, 2.05) is 0 Å². The molecule has 1 N–H and O–H groups in total. The highest BCUT2D eigenvalue weighted by molar-refractivity contribution is 9.10. The average molecular weight is 293 g/mol. The second-order valence-electron chi connectivity index (χ2n) is 3.05. The third-order valence-electron chi connectivity index (χ3n) is 1.98. The molecule has 2 aromatic rings. The molecule has 1 aromatic carbocycles. The minimum atomic E-state index is -4.61. The van der Waals surface area contributed by atoms with Gasteiger partial charge >= 0.3 is 11.9 Å².